The van der Waals surface area contributed by atoms with Gasteiger partial charge in [-0.05, 0) is 57.9 Å². The van der Waals surface area contributed by atoms with E-state index < -0.39 is 5.91 Å². The third-order valence-corrected chi connectivity index (χ3v) is 6.11. The van der Waals surface area contributed by atoms with Crippen LogP contribution >= 0.6 is 0 Å². The summed E-state index contributed by atoms with van der Waals surface area (Å²) in [5.41, 5.74) is 4.09. The average Bonchev–Trinajstić information content (AvgIpc) is 3.51. The smallest absolute Gasteiger partial charge is 0.263 e. The van der Waals surface area contributed by atoms with E-state index in [4.69, 9.17) is 0 Å². The van der Waals surface area contributed by atoms with Crippen LogP contribution in [-0.2, 0) is 13.0 Å². The lowest BCUT2D eigenvalue weighted by atomic mass is 10.0. The number of nitrogens with zero attached hydrogens (tertiary/aromatic N) is 5. The number of imidazole rings is 1. The zero-order chi connectivity index (χ0) is 23.8. The van der Waals surface area contributed by atoms with Crippen molar-refractivity contribution in [1.29, 1.82) is 0 Å². The molecule has 0 atom stereocenters. The molecule has 0 unspecified atom stereocenters. The molecule has 172 valence electrons. The highest BCUT2D eigenvalue weighted by atomic mass is 16.2. The number of fused-ring (bicyclic) bond motifs is 1. The largest absolute Gasteiger partial charge is 0.327 e. The van der Waals surface area contributed by atoms with Crippen molar-refractivity contribution < 1.29 is 4.79 Å². The zero-order valence-corrected chi connectivity index (χ0v) is 19.4. The normalized spacial score (nSPS) is 12.7. The molecule has 0 aromatic carbocycles. The van der Waals surface area contributed by atoms with Gasteiger partial charge in [-0.1, -0.05) is 12.1 Å². The van der Waals surface area contributed by atoms with Gasteiger partial charge in [0.15, 0.2) is 5.82 Å². The Morgan fingerprint density at radius 3 is 2.76 bits per heavy atom. The summed E-state index contributed by atoms with van der Waals surface area (Å²) >= 11 is 0. The van der Waals surface area contributed by atoms with Crippen LogP contribution in [0.3, 0.4) is 0 Å². The Labute approximate surface area is 197 Å². The number of aromatic nitrogens is 5. The number of anilines is 1. The van der Waals surface area contributed by atoms with Crippen molar-refractivity contribution in [3.8, 4) is 22.6 Å². The van der Waals surface area contributed by atoms with Crippen LogP contribution < -0.4 is 10.9 Å². The van der Waals surface area contributed by atoms with E-state index in [1.165, 1.54) is 0 Å². The summed E-state index contributed by atoms with van der Waals surface area (Å²) in [5.74, 6) is 0.604. The number of amides is 1. The van der Waals surface area contributed by atoms with Gasteiger partial charge in [0.2, 0.25) is 0 Å². The molecule has 0 aliphatic carbocycles. The summed E-state index contributed by atoms with van der Waals surface area (Å²) in [4.78, 5) is 39.8. The second-order valence-electron chi connectivity index (χ2n) is 8.78. The molecule has 8 heteroatoms. The molecule has 1 aliphatic rings. The highest BCUT2D eigenvalue weighted by Crippen LogP contribution is 2.28. The zero-order valence-electron chi connectivity index (χ0n) is 19.4. The molecule has 8 nitrogen and oxygen atoms in total. The first-order valence-electron chi connectivity index (χ1n) is 11.4. The predicted octanol–water partition coefficient (Wildman–Crippen LogP) is 4.26. The van der Waals surface area contributed by atoms with Crippen LogP contribution in [0.25, 0.3) is 22.6 Å². The van der Waals surface area contributed by atoms with Crippen molar-refractivity contribution >= 4 is 11.7 Å². The number of aryl methyl sites for hydroxylation is 1. The molecule has 0 spiro atoms. The molecule has 1 amide bonds. The van der Waals surface area contributed by atoms with Crippen LogP contribution in [0.1, 0.15) is 48.1 Å². The highest BCUT2D eigenvalue weighted by molar-refractivity contribution is 6.04. The molecule has 0 bridgehead atoms. The minimum Gasteiger partial charge on any atom is -0.327 e. The van der Waals surface area contributed by atoms with Crippen molar-refractivity contribution in [1.82, 2.24) is 24.1 Å². The molecule has 5 rings (SSSR count). The number of carbonyl (C=O) groups excluding carboxylic acids is 1. The molecular formula is C26H26N6O2. The number of rotatable bonds is 5. The molecular weight excluding hydrogens is 428 g/mol. The molecule has 4 aromatic heterocycles. The van der Waals surface area contributed by atoms with E-state index in [9.17, 15) is 9.59 Å². The summed E-state index contributed by atoms with van der Waals surface area (Å²) in [6.07, 6.45) is 7.10. The van der Waals surface area contributed by atoms with Gasteiger partial charge in [0.1, 0.15) is 17.1 Å². The number of nitrogens with one attached hydrogen (secondary N) is 1. The fourth-order valence-electron chi connectivity index (χ4n) is 4.39. The van der Waals surface area contributed by atoms with Crippen LogP contribution in [0.5, 0.6) is 0 Å². The summed E-state index contributed by atoms with van der Waals surface area (Å²) < 4.78 is 3.73. The molecule has 1 aliphatic heterocycles. The second-order valence-corrected chi connectivity index (χ2v) is 8.78. The van der Waals surface area contributed by atoms with Crippen LogP contribution in [0.2, 0.25) is 0 Å². The average molecular weight is 455 g/mol. The molecule has 0 fully saturated rings. The molecule has 4 aromatic rings. The van der Waals surface area contributed by atoms with Gasteiger partial charge in [-0.15, -0.1) is 0 Å². The first-order chi connectivity index (χ1) is 16.4. The van der Waals surface area contributed by atoms with Gasteiger partial charge in [-0.2, -0.15) is 0 Å². The van der Waals surface area contributed by atoms with E-state index in [1.807, 2.05) is 42.0 Å². The van der Waals surface area contributed by atoms with E-state index in [1.54, 1.807) is 29.1 Å². The molecule has 0 saturated heterocycles. The van der Waals surface area contributed by atoms with Crippen molar-refractivity contribution in [2.75, 3.05) is 5.32 Å². The van der Waals surface area contributed by atoms with Gasteiger partial charge in [0.05, 0.1) is 0 Å². The van der Waals surface area contributed by atoms with Crippen molar-refractivity contribution in [2.24, 2.45) is 0 Å². The van der Waals surface area contributed by atoms with Gasteiger partial charge >= 0.3 is 0 Å². The number of hydrogen-bond donors (Lipinski definition) is 1. The van der Waals surface area contributed by atoms with Crippen LogP contribution in [0.15, 0.2) is 59.8 Å². The first-order valence-corrected chi connectivity index (χ1v) is 11.4. The molecule has 34 heavy (non-hydrogen) atoms. The van der Waals surface area contributed by atoms with Gasteiger partial charge in [0, 0.05) is 53.7 Å². The standard InChI is InChI=1S/C26H26N6O2/c1-16(2)31-13-11-27-24(31)21-6-4-8-23(29-21)30-25(33)20-14-19(18-10-9-17(3)28-15-18)22-7-5-12-32(22)26(20)34/h4,6,8-11,13-16H,5,7,12H2,1-3H3,(H,29,30,33). The summed E-state index contributed by atoms with van der Waals surface area (Å²) in [6, 6.07) is 11.2. The third kappa shape index (κ3) is 3.91. The summed E-state index contributed by atoms with van der Waals surface area (Å²) in [6.45, 7) is 6.67. The lowest BCUT2D eigenvalue weighted by Crippen LogP contribution is -2.29. The summed E-state index contributed by atoms with van der Waals surface area (Å²) in [5, 5.41) is 2.81. The molecule has 1 N–H and O–H groups in total. The molecule has 0 saturated carbocycles. The van der Waals surface area contributed by atoms with Gasteiger partial charge < -0.3 is 14.5 Å². The highest BCUT2D eigenvalue weighted by Gasteiger charge is 2.23. The Hall–Kier alpha value is -4.07. The summed E-state index contributed by atoms with van der Waals surface area (Å²) in [7, 11) is 0. The van der Waals surface area contributed by atoms with Crippen LogP contribution in [-0.4, -0.2) is 30.0 Å². The van der Waals surface area contributed by atoms with E-state index in [-0.39, 0.29) is 17.2 Å². The number of hydrogen-bond acceptors (Lipinski definition) is 5. The van der Waals surface area contributed by atoms with Crippen molar-refractivity contribution in [3.05, 3.63) is 82.3 Å². The third-order valence-electron chi connectivity index (χ3n) is 6.11. The Bertz CT molecular complexity index is 1430. The maximum atomic E-state index is 13.2. The van der Waals surface area contributed by atoms with Gasteiger partial charge in [-0.25, -0.2) is 9.97 Å². The fourth-order valence-corrected chi connectivity index (χ4v) is 4.39. The minimum atomic E-state index is -0.481. The molecule has 0 radical (unpaired) electrons. The molecule has 5 heterocycles. The van der Waals surface area contributed by atoms with Gasteiger partial charge in [-0.3, -0.25) is 14.6 Å². The first kappa shape index (κ1) is 21.8. The Morgan fingerprint density at radius 2 is 2.00 bits per heavy atom. The lowest BCUT2D eigenvalue weighted by molar-refractivity contribution is 0.102. The minimum absolute atomic E-state index is 0.0945. The lowest BCUT2D eigenvalue weighted by Gasteiger charge is -2.14. The van der Waals surface area contributed by atoms with Crippen molar-refractivity contribution in [2.45, 2.75) is 46.2 Å². The van der Waals surface area contributed by atoms with Gasteiger partial charge in [0.25, 0.3) is 11.5 Å². The van der Waals surface area contributed by atoms with Crippen LogP contribution in [0.4, 0.5) is 5.82 Å². The van der Waals surface area contributed by atoms with E-state index >= 15 is 0 Å². The monoisotopic (exact) mass is 454 g/mol. The van der Waals surface area contributed by atoms with Crippen molar-refractivity contribution in [3.63, 3.8) is 0 Å². The second kappa shape index (κ2) is 8.70. The predicted molar refractivity (Wildman–Crippen MR) is 131 cm³/mol. The van der Waals surface area contributed by atoms with E-state index in [0.29, 0.717) is 18.1 Å². The Morgan fingerprint density at radius 1 is 1.15 bits per heavy atom. The number of carbonyl (C=O) groups is 1. The Kier molecular flexibility index (Phi) is 5.57. The maximum Gasteiger partial charge on any atom is 0.263 e. The fraction of sp³-hybridized carbons (Fsp3) is 0.269. The maximum absolute atomic E-state index is 13.2. The quantitative estimate of drug-likeness (QED) is 0.486. The Balaban J connectivity index is 1.50. The topological polar surface area (TPSA) is 94.7 Å². The van der Waals surface area contributed by atoms with E-state index in [2.05, 4.69) is 34.1 Å². The van der Waals surface area contributed by atoms with Crippen LogP contribution in [0, 0.1) is 6.92 Å². The number of pyridine rings is 3. The van der Waals surface area contributed by atoms with E-state index in [0.717, 1.165) is 41.2 Å². The SMILES string of the molecule is Cc1ccc(-c2cc(C(=O)Nc3cccc(-c4nccn4C(C)C)n3)c(=O)n3c2CCC3)cn1.